The number of nitrogens with zero attached hydrogens (tertiary/aromatic N) is 2. The molecule has 0 aliphatic carbocycles. The van der Waals surface area contributed by atoms with Crippen LogP contribution in [0.2, 0.25) is 0 Å². The number of anilines is 1. The minimum absolute atomic E-state index is 0.0637. The predicted octanol–water partition coefficient (Wildman–Crippen LogP) is 4.12. The molecule has 3 amide bonds. The number of aliphatic hydroxyl groups is 1. The van der Waals surface area contributed by atoms with Crippen LogP contribution in [0.15, 0.2) is 56.7 Å². The Morgan fingerprint density at radius 3 is 2.72 bits per heavy atom. The van der Waals surface area contributed by atoms with E-state index in [0.29, 0.717) is 38.1 Å². The van der Waals surface area contributed by atoms with Crippen molar-refractivity contribution in [1.82, 2.24) is 4.90 Å². The maximum Gasteiger partial charge on any atom is 0.294 e. The van der Waals surface area contributed by atoms with Crippen LogP contribution in [0.1, 0.15) is 5.56 Å². The molecule has 0 spiro atoms. The topological polar surface area (TPSA) is 130 Å². The summed E-state index contributed by atoms with van der Waals surface area (Å²) in [5.41, 5.74) is 0.712. The Morgan fingerprint density at radius 2 is 2.03 bits per heavy atom. The van der Waals surface area contributed by atoms with Crippen molar-refractivity contribution in [2.24, 2.45) is 0 Å². The van der Waals surface area contributed by atoms with Gasteiger partial charge in [-0.1, -0.05) is 18.2 Å². The molecule has 0 saturated carbocycles. The van der Waals surface area contributed by atoms with Gasteiger partial charge in [0.2, 0.25) is 5.91 Å². The van der Waals surface area contributed by atoms with Gasteiger partial charge in [0.15, 0.2) is 0 Å². The van der Waals surface area contributed by atoms with E-state index in [1.54, 1.807) is 30.3 Å². The molecule has 32 heavy (non-hydrogen) atoms. The van der Waals surface area contributed by atoms with Gasteiger partial charge < -0.3 is 10.4 Å². The van der Waals surface area contributed by atoms with Gasteiger partial charge in [-0.15, -0.1) is 11.8 Å². The second-order valence-electron chi connectivity index (χ2n) is 6.35. The SMILES string of the molecule is O=C(CN1C(=O)S/C(=C\c2ccc(SCCO)c([N+](=O)[O-])c2)C1=O)Nc1ccccc1Br. The average molecular weight is 538 g/mol. The summed E-state index contributed by atoms with van der Waals surface area (Å²) in [6.07, 6.45) is 1.38. The third-order valence-electron chi connectivity index (χ3n) is 4.15. The van der Waals surface area contributed by atoms with Gasteiger partial charge in [-0.3, -0.25) is 29.4 Å². The lowest BCUT2D eigenvalue weighted by molar-refractivity contribution is -0.387. The molecule has 12 heteroatoms. The molecule has 0 unspecified atom stereocenters. The molecular formula is C20H16BrN3O6S2. The van der Waals surface area contributed by atoms with Crippen LogP contribution in [0.25, 0.3) is 6.08 Å². The number of carbonyl (C=O) groups excluding carboxylic acids is 3. The van der Waals surface area contributed by atoms with Crippen LogP contribution in [-0.4, -0.2) is 50.9 Å². The molecule has 0 bridgehead atoms. The molecule has 1 heterocycles. The highest BCUT2D eigenvalue weighted by Crippen LogP contribution is 2.35. The average Bonchev–Trinajstić information content (AvgIpc) is 3.01. The quantitative estimate of drug-likeness (QED) is 0.222. The third kappa shape index (κ3) is 5.76. The Bertz CT molecular complexity index is 1120. The summed E-state index contributed by atoms with van der Waals surface area (Å²) in [6, 6.07) is 11.3. The van der Waals surface area contributed by atoms with Gasteiger partial charge in [-0.25, -0.2) is 0 Å². The smallest absolute Gasteiger partial charge is 0.294 e. The second-order valence-corrected chi connectivity index (χ2v) is 9.34. The number of halogens is 1. The Balaban J connectivity index is 1.75. The van der Waals surface area contributed by atoms with Crippen molar-refractivity contribution in [2.75, 3.05) is 24.2 Å². The molecule has 166 valence electrons. The number of nitro benzene ring substituents is 1. The van der Waals surface area contributed by atoms with Crippen LogP contribution >= 0.6 is 39.5 Å². The van der Waals surface area contributed by atoms with E-state index in [1.165, 1.54) is 18.2 Å². The number of nitro groups is 1. The Kier molecular flexibility index (Phi) is 8.07. The van der Waals surface area contributed by atoms with Gasteiger partial charge in [0.1, 0.15) is 6.54 Å². The van der Waals surface area contributed by atoms with Crippen LogP contribution in [0.5, 0.6) is 0 Å². The van der Waals surface area contributed by atoms with Crippen molar-refractivity contribution in [1.29, 1.82) is 0 Å². The van der Waals surface area contributed by atoms with Gasteiger partial charge in [-0.05, 0) is 57.5 Å². The van der Waals surface area contributed by atoms with E-state index in [2.05, 4.69) is 21.2 Å². The number of imide groups is 1. The van der Waals surface area contributed by atoms with Crippen LogP contribution < -0.4 is 5.32 Å². The van der Waals surface area contributed by atoms with Gasteiger partial charge in [0.25, 0.3) is 16.8 Å². The lowest BCUT2D eigenvalue weighted by Crippen LogP contribution is -2.36. The number of thioether (sulfide) groups is 2. The van der Waals surface area contributed by atoms with Crippen molar-refractivity contribution in [3.05, 3.63) is 67.5 Å². The minimum atomic E-state index is -0.649. The first-order valence-corrected chi connectivity index (χ1v) is 11.7. The van der Waals surface area contributed by atoms with Crippen molar-refractivity contribution in [3.63, 3.8) is 0 Å². The first-order valence-electron chi connectivity index (χ1n) is 9.12. The van der Waals surface area contributed by atoms with Crippen molar-refractivity contribution in [2.45, 2.75) is 4.90 Å². The van der Waals surface area contributed by atoms with Crippen molar-refractivity contribution >= 4 is 74.0 Å². The van der Waals surface area contributed by atoms with Gasteiger partial charge in [-0.2, -0.15) is 0 Å². The Morgan fingerprint density at radius 1 is 1.28 bits per heavy atom. The summed E-state index contributed by atoms with van der Waals surface area (Å²) in [5, 5.41) is 22.3. The molecule has 0 atom stereocenters. The van der Waals surface area contributed by atoms with E-state index in [0.717, 1.165) is 16.7 Å². The molecule has 1 aliphatic heterocycles. The molecule has 2 N–H and O–H groups in total. The number of nitrogens with one attached hydrogen (secondary N) is 1. The zero-order valence-electron chi connectivity index (χ0n) is 16.3. The predicted molar refractivity (Wildman–Crippen MR) is 126 cm³/mol. The molecule has 9 nitrogen and oxygen atoms in total. The summed E-state index contributed by atoms with van der Waals surface area (Å²) in [6.45, 7) is -0.578. The highest BCUT2D eigenvalue weighted by molar-refractivity contribution is 9.10. The fourth-order valence-electron chi connectivity index (χ4n) is 2.73. The summed E-state index contributed by atoms with van der Waals surface area (Å²) in [5.74, 6) is -0.884. The Hall–Kier alpha value is -2.67. The number of carbonyl (C=O) groups is 3. The first-order chi connectivity index (χ1) is 15.3. The van der Waals surface area contributed by atoms with Crippen molar-refractivity contribution < 1.29 is 24.4 Å². The molecule has 2 aromatic carbocycles. The molecule has 1 saturated heterocycles. The van der Waals surface area contributed by atoms with Crippen LogP contribution in [0, 0.1) is 10.1 Å². The molecular weight excluding hydrogens is 522 g/mol. The van der Waals surface area contributed by atoms with Crippen LogP contribution in [0.3, 0.4) is 0 Å². The molecule has 0 aromatic heterocycles. The molecule has 2 aromatic rings. The number of hydrogen-bond acceptors (Lipinski definition) is 8. The lowest BCUT2D eigenvalue weighted by Gasteiger charge is -2.13. The lowest BCUT2D eigenvalue weighted by atomic mass is 10.2. The van der Waals surface area contributed by atoms with Crippen LogP contribution in [-0.2, 0) is 9.59 Å². The molecule has 0 radical (unpaired) electrons. The molecule has 3 rings (SSSR count). The number of para-hydroxylation sites is 1. The van der Waals surface area contributed by atoms with E-state index in [1.807, 2.05) is 0 Å². The zero-order valence-corrected chi connectivity index (χ0v) is 19.5. The number of benzene rings is 2. The first kappa shape index (κ1) is 24.0. The molecule has 1 aliphatic rings. The third-order valence-corrected chi connectivity index (χ3v) is 6.79. The number of amides is 3. The maximum atomic E-state index is 12.7. The van der Waals surface area contributed by atoms with E-state index in [4.69, 9.17) is 5.11 Å². The van der Waals surface area contributed by atoms with Gasteiger partial charge in [0, 0.05) is 16.3 Å². The monoisotopic (exact) mass is 537 g/mol. The highest BCUT2D eigenvalue weighted by atomic mass is 79.9. The fraction of sp³-hybridized carbons (Fsp3) is 0.150. The Labute approximate surface area is 199 Å². The number of rotatable bonds is 8. The standard InChI is InChI=1S/C20H16BrN3O6S2/c21-13-3-1-2-4-14(13)22-18(26)11-23-19(27)17(32-20(23)28)10-12-5-6-16(31-8-7-25)15(9-12)24(29)30/h1-6,9-10,25H,7-8,11H2,(H,22,26)/b17-10-. The highest BCUT2D eigenvalue weighted by Gasteiger charge is 2.36. The van der Waals surface area contributed by atoms with E-state index < -0.39 is 28.5 Å². The van der Waals surface area contributed by atoms with E-state index in [9.17, 15) is 24.5 Å². The largest absolute Gasteiger partial charge is 0.396 e. The summed E-state index contributed by atoms with van der Waals surface area (Å²) < 4.78 is 0.657. The second kappa shape index (κ2) is 10.8. The number of hydrogen-bond donors (Lipinski definition) is 2. The summed E-state index contributed by atoms with van der Waals surface area (Å²) >= 11 is 5.11. The van der Waals surface area contributed by atoms with Crippen LogP contribution in [0.4, 0.5) is 16.2 Å². The van der Waals surface area contributed by atoms with Crippen molar-refractivity contribution in [3.8, 4) is 0 Å². The molecule has 1 fully saturated rings. The normalized spacial score (nSPS) is 14.8. The summed E-state index contributed by atoms with van der Waals surface area (Å²) in [7, 11) is 0. The summed E-state index contributed by atoms with van der Waals surface area (Å²) in [4.78, 5) is 49.4. The fourth-order valence-corrected chi connectivity index (χ4v) is 4.71. The maximum absolute atomic E-state index is 12.7. The zero-order chi connectivity index (χ0) is 23.3. The van der Waals surface area contributed by atoms with Gasteiger partial charge >= 0.3 is 0 Å². The number of aliphatic hydroxyl groups excluding tert-OH is 1. The van der Waals surface area contributed by atoms with Gasteiger partial charge in [0.05, 0.1) is 27.0 Å². The van der Waals surface area contributed by atoms with E-state index in [-0.39, 0.29) is 17.2 Å². The van der Waals surface area contributed by atoms with E-state index >= 15 is 0 Å². The minimum Gasteiger partial charge on any atom is -0.396 e.